The lowest BCUT2D eigenvalue weighted by molar-refractivity contribution is 0.548. The van der Waals surface area contributed by atoms with Gasteiger partial charge in [0.1, 0.15) is 0 Å². The highest BCUT2D eigenvalue weighted by Gasteiger charge is 2.14. The van der Waals surface area contributed by atoms with Crippen LogP contribution in [0.4, 0.5) is 0 Å². The second kappa shape index (κ2) is 6.13. The summed E-state index contributed by atoms with van der Waals surface area (Å²) >= 11 is 0. The number of nitrogens with zero attached hydrogens (tertiary/aromatic N) is 4. The van der Waals surface area contributed by atoms with E-state index in [1.54, 1.807) is 0 Å². The Bertz CT molecular complexity index is 536. The molecule has 5 heteroatoms. The summed E-state index contributed by atoms with van der Waals surface area (Å²) in [6.07, 6.45) is 1.98. The molecule has 108 valence electrons. The van der Waals surface area contributed by atoms with Crippen molar-refractivity contribution in [2.24, 2.45) is 5.73 Å². The van der Waals surface area contributed by atoms with Crippen molar-refractivity contribution in [1.29, 1.82) is 0 Å². The van der Waals surface area contributed by atoms with Crippen LogP contribution in [0.3, 0.4) is 0 Å². The van der Waals surface area contributed by atoms with Gasteiger partial charge >= 0.3 is 0 Å². The molecule has 0 bridgehead atoms. The van der Waals surface area contributed by atoms with Crippen molar-refractivity contribution in [3.05, 3.63) is 29.8 Å². The number of unbranched alkanes of at least 4 members (excludes halogenated alkanes) is 1. The van der Waals surface area contributed by atoms with Crippen LogP contribution >= 0.6 is 0 Å². The molecule has 0 unspecified atom stereocenters. The predicted molar refractivity (Wildman–Crippen MR) is 80.2 cm³/mol. The van der Waals surface area contributed by atoms with E-state index in [9.17, 15) is 0 Å². The lowest BCUT2D eigenvalue weighted by atomic mass is 9.87. The Morgan fingerprint density at radius 2 is 1.80 bits per heavy atom. The molecule has 1 heterocycles. The maximum Gasteiger partial charge on any atom is 0.182 e. The first kappa shape index (κ1) is 14.7. The summed E-state index contributed by atoms with van der Waals surface area (Å²) in [5.41, 5.74) is 8.03. The van der Waals surface area contributed by atoms with Crippen molar-refractivity contribution < 1.29 is 0 Å². The van der Waals surface area contributed by atoms with Crippen LogP contribution in [0.2, 0.25) is 0 Å². The zero-order valence-electron chi connectivity index (χ0n) is 12.5. The molecule has 0 saturated carbocycles. The molecule has 0 aliphatic carbocycles. The third-order valence-electron chi connectivity index (χ3n) is 3.37. The second-order valence-corrected chi connectivity index (χ2v) is 6.05. The van der Waals surface area contributed by atoms with Crippen molar-refractivity contribution in [1.82, 2.24) is 20.2 Å². The first-order valence-corrected chi connectivity index (χ1v) is 7.09. The Morgan fingerprint density at radius 1 is 1.10 bits per heavy atom. The average molecular weight is 273 g/mol. The normalized spacial score (nSPS) is 11.8. The maximum atomic E-state index is 5.51. The summed E-state index contributed by atoms with van der Waals surface area (Å²) in [5.74, 6) is 0.822. The summed E-state index contributed by atoms with van der Waals surface area (Å²) < 4.78 is 1.85. The van der Waals surface area contributed by atoms with Gasteiger partial charge in [0.15, 0.2) is 5.82 Å². The molecule has 20 heavy (non-hydrogen) atoms. The molecule has 5 nitrogen and oxygen atoms in total. The zero-order valence-corrected chi connectivity index (χ0v) is 12.5. The molecule has 0 spiro atoms. The second-order valence-electron chi connectivity index (χ2n) is 6.05. The van der Waals surface area contributed by atoms with Crippen molar-refractivity contribution in [3.63, 3.8) is 0 Å². The standard InChI is InChI=1S/C15H23N5/c1-15(2,3)13-8-6-12(7-9-13)14-17-18-19-20(14)11-5-4-10-16/h6-9H,4-5,10-11,16H2,1-3H3. The molecular weight excluding hydrogens is 250 g/mol. The van der Waals surface area contributed by atoms with Gasteiger partial charge in [0.2, 0.25) is 0 Å². The van der Waals surface area contributed by atoms with Crippen LogP contribution in [-0.2, 0) is 12.0 Å². The molecule has 0 fully saturated rings. The van der Waals surface area contributed by atoms with Gasteiger partial charge in [-0.15, -0.1) is 5.10 Å². The van der Waals surface area contributed by atoms with Gasteiger partial charge in [-0.05, 0) is 40.8 Å². The van der Waals surface area contributed by atoms with Crippen LogP contribution in [0, 0.1) is 0 Å². The zero-order chi connectivity index (χ0) is 14.6. The molecule has 0 aliphatic heterocycles. The molecule has 1 aromatic heterocycles. The fourth-order valence-electron chi connectivity index (χ4n) is 2.09. The lowest BCUT2D eigenvalue weighted by Gasteiger charge is -2.19. The van der Waals surface area contributed by atoms with Gasteiger partial charge in [0.25, 0.3) is 0 Å². The Balaban J connectivity index is 2.18. The van der Waals surface area contributed by atoms with E-state index in [0.717, 1.165) is 30.8 Å². The number of hydrogen-bond donors (Lipinski definition) is 1. The Kier molecular flexibility index (Phi) is 4.49. The number of aryl methyl sites for hydroxylation is 1. The lowest BCUT2D eigenvalue weighted by Crippen LogP contribution is -2.10. The van der Waals surface area contributed by atoms with E-state index in [0.29, 0.717) is 6.54 Å². The maximum absolute atomic E-state index is 5.51. The highest BCUT2D eigenvalue weighted by Crippen LogP contribution is 2.25. The predicted octanol–water partition coefficient (Wildman–Crippen LogP) is 2.38. The Hall–Kier alpha value is -1.75. The Morgan fingerprint density at radius 3 is 2.40 bits per heavy atom. The largest absolute Gasteiger partial charge is 0.330 e. The SMILES string of the molecule is CC(C)(C)c1ccc(-c2nnnn2CCCCN)cc1. The molecule has 0 atom stereocenters. The molecule has 0 saturated heterocycles. The fraction of sp³-hybridized carbons (Fsp3) is 0.533. The topological polar surface area (TPSA) is 69.6 Å². The van der Waals surface area contributed by atoms with Crippen molar-refractivity contribution in [2.75, 3.05) is 6.54 Å². The van der Waals surface area contributed by atoms with Gasteiger partial charge < -0.3 is 5.73 Å². The Labute approximate surface area is 120 Å². The number of aromatic nitrogens is 4. The minimum absolute atomic E-state index is 0.158. The minimum Gasteiger partial charge on any atom is -0.330 e. The molecule has 0 radical (unpaired) electrons. The van der Waals surface area contributed by atoms with Crippen LogP contribution in [0.15, 0.2) is 24.3 Å². The quantitative estimate of drug-likeness (QED) is 0.849. The third kappa shape index (κ3) is 3.42. The van der Waals surface area contributed by atoms with Gasteiger partial charge in [-0.1, -0.05) is 45.0 Å². The summed E-state index contributed by atoms with van der Waals surface area (Å²) in [6, 6.07) is 8.47. The fourth-order valence-corrected chi connectivity index (χ4v) is 2.09. The molecular formula is C15H23N5. The van der Waals surface area contributed by atoms with Crippen molar-refractivity contribution >= 4 is 0 Å². The molecule has 2 N–H and O–H groups in total. The highest BCUT2D eigenvalue weighted by molar-refractivity contribution is 5.55. The molecule has 2 rings (SSSR count). The van der Waals surface area contributed by atoms with Crippen molar-refractivity contribution in [2.45, 2.75) is 45.6 Å². The van der Waals surface area contributed by atoms with Crippen molar-refractivity contribution in [3.8, 4) is 11.4 Å². The number of hydrogen-bond acceptors (Lipinski definition) is 4. The average Bonchev–Trinajstić information content (AvgIpc) is 2.87. The minimum atomic E-state index is 0.158. The van der Waals surface area contributed by atoms with Gasteiger partial charge in [-0.3, -0.25) is 0 Å². The van der Waals surface area contributed by atoms with E-state index < -0.39 is 0 Å². The summed E-state index contributed by atoms with van der Waals surface area (Å²) in [5, 5.41) is 12.0. The van der Waals surface area contributed by atoms with Crippen LogP contribution in [0.1, 0.15) is 39.2 Å². The van der Waals surface area contributed by atoms with E-state index in [1.807, 2.05) is 4.68 Å². The summed E-state index contributed by atoms with van der Waals surface area (Å²) in [4.78, 5) is 0. The molecule has 0 aliphatic rings. The number of benzene rings is 1. The monoisotopic (exact) mass is 273 g/mol. The first-order chi connectivity index (χ1) is 9.52. The third-order valence-corrected chi connectivity index (χ3v) is 3.37. The highest BCUT2D eigenvalue weighted by atomic mass is 15.5. The van der Waals surface area contributed by atoms with E-state index in [4.69, 9.17) is 5.73 Å². The van der Waals surface area contributed by atoms with E-state index in [-0.39, 0.29) is 5.41 Å². The smallest absolute Gasteiger partial charge is 0.182 e. The molecule has 1 aromatic carbocycles. The van der Waals surface area contributed by atoms with Gasteiger partial charge in [-0.25, -0.2) is 4.68 Å². The van der Waals surface area contributed by atoms with E-state index in [2.05, 4.69) is 60.6 Å². The van der Waals surface area contributed by atoms with Crippen LogP contribution in [0.25, 0.3) is 11.4 Å². The molecule has 0 amide bonds. The number of tetrazole rings is 1. The summed E-state index contributed by atoms with van der Waals surface area (Å²) in [7, 11) is 0. The number of nitrogens with two attached hydrogens (primary N) is 1. The van der Waals surface area contributed by atoms with Gasteiger partial charge in [-0.2, -0.15) is 0 Å². The van der Waals surface area contributed by atoms with Crippen LogP contribution in [0.5, 0.6) is 0 Å². The van der Waals surface area contributed by atoms with Gasteiger partial charge in [0, 0.05) is 12.1 Å². The first-order valence-electron chi connectivity index (χ1n) is 7.09. The number of rotatable bonds is 5. The van der Waals surface area contributed by atoms with E-state index in [1.165, 1.54) is 5.56 Å². The van der Waals surface area contributed by atoms with E-state index >= 15 is 0 Å². The van der Waals surface area contributed by atoms with Crippen LogP contribution < -0.4 is 5.73 Å². The van der Waals surface area contributed by atoms with Crippen LogP contribution in [-0.4, -0.2) is 26.8 Å². The summed E-state index contributed by atoms with van der Waals surface area (Å²) in [6.45, 7) is 8.13. The van der Waals surface area contributed by atoms with Gasteiger partial charge in [0.05, 0.1) is 0 Å². The molecule has 2 aromatic rings.